The lowest BCUT2D eigenvalue weighted by atomic mass is 10.2. The average Bonchev–Trinajstić information content (AvgIpc) is 3.13. The summed E-state index contributed by atoms with van der Waals surface area (Å²) in [6.45, 7) is 3.61. The normalized spacial score (nSPS) is 13.2. The Hall–Kier alpha value is -1.84. The molecule has 0 bridgehead atoms. The van der Waals surface area contributed by atoms with Crippen LogP contribution in [-0.2, 0) is 11.3 Å². The van der Waals surface area contributed by atoms with Gasteiger partial charge in [0.1, 0.15) is 5.76 Å². The lowest BCUT2D eigenvalue weighted by Crippen LogP contribution is -2.18. The van der Waals surface area contributed by atoms with Gasteiger partial charge in [0, 0.05) is 13.5 Å². The first-order valence-corrected chi connectivity index (χ1v) is 5.95. The Balaban J connectivity index is 2.05. The molecule has 1 amide bonds. The van der Waals surface area contributed by atoms with E-state index in [1.165, 1.54) is 18.6 Å². The van der Waals surface area contributed by atoms with Gasteiger partial charge >= 0.3 is 0 Å². The highest BCUT2D eigenvalue weighted by Gasteiger charge is 2.17. The molecule has 96 valence electrons. The van der Waals surface area contributed by atoms with Crippen LogP contribution in [0.5, 0.6) is 5.75 Å². The fourth-order valence-electron chi connectivity index (χ4n) is 1.62. The standard InChI is InChI=1S/C14H16FNO2/c1-9(12-4-5-12)18-14-6-3-11(7-13(14)15)8-16-10(2)17/h3,6-7H,4-5,8H2,1-2H3,(H,16,17). The van der Waals surface area contributed by atoms with Crippen LogP contribution in [0.3, 0.4) is 0 Å². The number of hydrogen-bond donors (Lipinski definition) is 1. The van der Waals surface area contributed by atoms with Crippen LogP contribution in [0.15, 0.2) is 29.5 Å². The van der Waals surface area contributed by atoms with Crippen molar-refractivity contribution in [2.45, 2.75) is 33.2 Å². The van der Waals surface area contributed by atoms with E-state index < -0.39 is 5.82 Å². The molecule has 0 aromatic heterocycles. The number of amides is 1. The summed E-state index contributed by atoms with van der Waals surface area (Å²) in [5, 5.41) is 2.62. The Morgan fingerprint density at radius 1 is 1.39 bits per heavy atom. The molecule has 0 radical (unpaired) electrons. The van der Waals surface area contributed by atoms with Crippen LogP contribution in [-0.4, -0.2) is 5.91 Å². The van der Waals surface area contributed by atoms with Crippen LogP contribution in [0.1, 0.15) is 32.3 Å². The third-order valence-corrected chi connectivity index (χ3v) is 2.80. The summed E-state index contributed by atoms with van der Waals surface area (Å²) in [5.74, 6) is 0.491. The van der Waals surface area contributed by atoms with Gasteiger partial charge in [-0.05, 0) is 43.0 Å². The molecule has 4 heteroatoms. The van der Waals surface area contributed by atoms with E-state index in [1.807, 2.05) is 6.92 Å². The number of carbonyl (C=O) groups excluding carboxylic acids is 1. The Morgan fingerprint density at radius 2 is 2.11 bits per heavy atom. The van der Waals surface area contributed by atoms with Crippen LogP contribution in [0.25, 0.3) is 0 Å². The number of ether oxygens (including phenoxy) is 1. The van der Waals surface area contributed by atoms with Gasteiger partial charge in [-0.2, -0.15) is 0 Å². The number of nitrogens with one attached hydrogen (secondary N) is 1. The summed E-state index contributed by atoms with van der Waals surface area (Å²) in [6.07, 6.45) is 2.10. The summed E-state index contributed by atoms with van der Waals surface area (Å²) in [5.41, 5.74) is 1.96. The van der Waals surface area contributed by atoms with Gasteiger partial charge in [0.05, 0.1) is 0 Å². The molecule has 1 N–H and O–H groups in total. The summed E-state index contributed by atoms with van der Waals surface area (Å²) in [4.78, 5) is 10.8. The zero-order valence-corrected chi connectivity index (χ0v) is 10.5. The minimum Gasteiger partial charge on any atom is -0.459 e. The molecule has 1 saturated carbocycles. The highest BCUT2D eigenvalue weighted by molar-refractivity contribution is 5.72. The zero-order chi connectivity index (χ0) is 13.1. The first-order valence-electron chi connectivity index (χ1n) is 5.95. The molecular weight excluding hydrogens is 233 g/mol. The average molecular weight is 249 g/mol. The molecule has 18 heavy (non-hydrogen) atoms. The fraction of sp³-hybridized carbons (Fsp3) is 0.357. The van der Waals surface area contributed by atoms with Crippen molar-refractivity contribution >= 4 is 5.91 Å². The Labute approximate surface area is 106 Å². The SMILES string of the molecule is CC(=O)NCc1ccc(OC(C)=C2CC2)c(F)c1. The summed E-state index contributed by atoms with van der Waals surface area (Å²) in [6, 6.07) is 4.73. The minimum absolute atomic E-state index is 0.134. The van der Waals surface area contributed by atoms with Crippen molar-refractivity contribution in [3.05, 3.63) is 40.9 Å². The maximum atomic E-state index is 13.8. The second kappa shape index (κ2) is 5.21. The van der Waals surface area contributed by atoms with Gasteiger partial charge in [-0.25, -0.2) is 4.39 Å². The second-order valence-electron chi connectivity index (χ2n) is 4.44. The number of benzene rings is 1. The van der Waals surface area contributed by atoms with Gasteiger partial charge < -0.3 is 10.1 Å². The van der Waals surface area contributed by atoms with Crippen molar-refractivity contribution < 1.29 is 13.9 Å². The monoisotopic (exact) mass is 249 g/mol. The Kier molecular flexibility index (Phi) is 3.65. The molecule has 0 atom stereocenters. The summed E-state index contributed by atoms with van der Waals surface area (Å²) >= 11 is 0. The first kappa shape index (κ1) is 12.6. The highest BCUT2D eigenvalue weighted by Crippen LogP contribution is 2.33. The molecule has 3 nitrogen and oxygen atoms in total. The zero-order valence-electron chi connectivity index (χ0n) is 10.5. The predicted octanol–water partition coefficient (Wildman–Crippen LogP) is 2.91. The molecule has 1 aliphatic rings. The molecule has 0 saturated heterocycles. The van der Waals surface area contributed by atoms with E-state index in [0.717, 1.165) is 18.6 Å². The van der Waals surface area contributed by atoms with Crippen LogP contribution >= 0.6 is 0 Å². The smallest absolute Gasteiger partial charge is 0.217 e. The molecule has 1 aromatic rings. The van der Waals surface area contributed by atoms with Crippen molar-refractivity contribution in [1.82, 2.24) is 5.32 Å². The molecular formula is C14H16FNO2. The third kappa shape index (κ3) is 3.32. The van der Waals surface area contributed by atoms with Gasteiger partial charge in [0.15, 0.2) is 11.6 Å². The maximum absolute atomic E-state index is 13.8. The van der Waals surface area contributed by atoms with E-state index in [0.29, 0.717) is 12.1 Å². The van der Waals surface area contributed by atoms with E-state index >= 15 is 0 Å². The Bertz CT molecular complexity index is 503. The number of hydrogen-bond acceptors (Lipinski definition) is 2. The van der Waals surface area contributed by atoms with Gasteiger partial charge in [0.2, 0.25) is 5.91 Å². The van der Waals surface area contributed by atoms with Crippen molar-refractivity contribution in [3.8, 4) is 5.75 Å². The molecule has 0 unspecified atom stereocenters. The predicted molar refractivity (Wildman–Crippen MR) is 66.5 cm³/mol. The van der Waals surface area contributed by atoms with Crippen molar-refractivity contribution in [3.63, 3.8) is 0 Å². The molecule has 2 rings (SSSR count). The summed E-state index contributed by atoms with van der Waals surface area (Å²) < 4.78 is 19.2. The van der Waals surface area contributed by atoms with Crippen LogP contribution < -0.4 is 10.1 Å². The fourth-order valence-corrected chi connectivity index (χ4v) is 1.62. The molecule has 0 spiro atoms. The molecule has 0 heterocycles. The highest BCUT2D eigenvalue weighted by atomic mass is 19.1. The van der Waals surface area contributed by atoms with Crippen molar-refractivity contribution in [2.75, 3.05) is 0 Å². The molecule has 1 aliphatic carbocycles. The van der Waals surface area contributed by atoms with Crippen LogP contribution in [0.4, 0.5) is 4.39 Å². The minimum atomic E-state index is -0.404. The largest absolute Gasteiger partial charge is 0.459 e. The third-order valence-electron chi connectivity index (χ3n) is 2.80. The van der Waals surface area contributed by atoms with E-state index in [2.05, 4.69) is 5.32 Å². The van der Waals surface area contributed by atoms with Gasteiger partial charge in [0.25, 0.3) is 0 Å². The van der Waals surface area contributed by atoms with Gasteiger partial charge in [-0.3, -0.25) is 4.79 Å². The van der Waals surface area contributed by atoms with E-state index in [-0.39, 0.29) is 11.7 Å². The quantitative estimate of drug-likeness (QED) is 0.833. The second-order valence-corrected chi connectivity index (χ2v) is 4.44. The lowest BCUT2D eigenvalue weighted by molar-refractivity contribution is -0.119. The Morgan fingerprint density at radius 3 is 2.67 bits per heavy atom. The van der Waals surface area contributed by atoms with Crippen LogP contribution in [0.2, 0.25) is 0 Å². The van der Waals surface area contributed by atoms with Crippen molar-refractivity contribution in [1.29, 1.82) is 0 Å². The van der Waals surface area contributed by atoms with E-state index in [1.54, 1.807) is 12.1 Å². The topological polar surface area (TPSA) is 38.3 Å². The molecule has 1 aromatic carbocycles. The van der Waals surface area contributed by atoms with E-state index in [4.69, 9.17) is 4.74 Å². The van der Waals surface area contributed by atoms with Gasteiger partial charge in [-0.15, -0.1) is 0 Å². The van der Waals surface area contributed by atoms with Crippen molar-refractivity contribution in [2.24, 2.45) is 0 Å². The summed E-state index contributed by atoms with van der Waals surface area (Å²) in [7, 11) is 0. The maximum Gasteiger partial charge on any atom is 0.217 e. The van der Waals surface area contributed by atoms with E-state index in [9.17, 15) is 9.18 Å². The first-order chi connectivity index (χ1) is 8.56. The van der Waals surface area contributed by atoms with Crippen LogP contribution in [0, 0.1) is 5.82 Å². The van der Waals surface area contributed by atoms with Gasteiger partial charge in [-0.1, -0.05) is 6.07 Å². The number of rotatable bonds is 4. The number of carbonyl (C=O) groups is 1. The molecule has 1 fully saturated rings. The number of allylic oxidation sites excluding steroid dienone is 2. The molecule has 0 aliphatic heterocycles. The number of halogens is 1. The lowest BCUT2D eigenvalue weighted by Gasteiger charge is -2.09.